The van der Waals surface area contributed by atoms with Gasteiger partial charge in [0.05, 0.1) is 28.4 Å². The fourth-order valence-corrected chi connectivity index (χ4v) is 3.21. The zero-order valence-corrected chi connectivity index (χ0v) is 14.9. The van der Waals surface area contributed by atoms with Crippen LogP contribution in [0.1, 0.15) is 24.4 Å². The Bertz CT molecular complexity index is 1080. The summed E-state index contributed by atoms with van der Waals surface area (Å²) < 4.78 is 1.90. The largest absolute Gasteiger partial charge is 0.354 e. The third kappa shape index (κ3) is 2.94. The van der Waals surface area contributed by atoms with Gasteiger partial charge in [0, 0.05) is 13.0 Å². The molecule has 0 saturated carbocycles. The Kier molecular flexibility index (Phi) is 4.16. The van der Waals surface area contributed by atoms with Crippen LogP contribution in [0.3, 0.4) is 0 Å². The lowest BCUT2D eigenvalue weighted by Crippen LogP contribution is -2.32. The molecule has 0 unspecified atom stereocenters. The summed E-state index contributed by atoms with van der Waals surface area (Å²) in [5.74, 6) is 0.857. The number of rotatable bonds is 5. The molecule has 132 valence electrons. The highest BCUT2D eigenvalue weighted by atomic mass is 16.2. The zero-order valence-electron chi connectivity index (χ0n) is 14.9. The van der Waals surface area contributed by atoms with Crippen LogP contribution in [0.2, 0.25) is 0 Å². The second-order valence-corrected chi connectivity index (χ2v) is 6.51. The van der Waals surface area contributed by atoms with Gasteiger partial charge < -0.3 is 14.9 Å². The maximum absolute atomic E-state index is 12.5. The number of hydrogen-bond acceptors (Lipinski definition) is 3. The van der Waals surface area contributed by atoms with E-state index in [1.165, 1.54) is 0 Å². The van der Waals surface area contributed by atoms with E-state index in [1.807, 2.05) is 60.9 Å². The Labute approximate surface area is 151 Å². The van der Waals surface area contributed by atoms with E-state index in [9.17, 15) is 4.79 Å². The summed E-state index contributed by atoms with van der Waals surface area (Å²) in [4.78, 5) is 24.8. The number of carbonyl (C=O) groups excluding carboxylic acids is 1. The van der Waals surface area contributed by atoms with E-state index in [0.29, 0.717) is 13.0 Å². The first-order valence-electron chi connectivity index (χ1n) is 8.77. The Morgan fingerprint density at radius 3 is 2.92 bits per heavy atom. The van der Waals surface area contributed by atoms with E-state index in [0.717, 1.165) is 33.5 Å². The quantitative estimate of drug-likeness (QED) is 0.582. The Morgan fingerprint density at radius 1 is 1.23 bits per heavy atom. The van der Waals surface area contributed by atoms with Crippen molar-refractivity contribution in [1.82, 2.24) is 24.8 Å². The Hall–Kier alpha value is -3.15. The van der Waals surface area contributed by atoms with Crippen LogP contribution in [0.15, 0.2) is 48.8 Å². The highest BCUT2D eigenvalue weighted by Gasteiger charge is 2.16. The molecule has 1 atom stereocenters. The molecule has 2 heterocycles. The maximum Gasteiger partial charge on any atom is 0.242 e. The molecule has 6 heteroatoms. The molecule has 2 aromatic carbocycles. The second-order valence-electron chi connectivity index (χ2n) is 6.51. The number of aryl methyl sites for hydroxylation is 1. The third-order valence-electron chi connectivity index (χ3n) is 4.70. The van der Waals surface area contributed by atoms with Crippen LogP contribution in [0, 0.1) is 6.92 Å². The molecular weight excluding hydrogens is 326 g/mol. The van der Waals surface area contributed by atoms with Gasteiger partial charge in [-0.1, -0.05) is 24.3 Å². The second kappa shape index (κ2) is 6.63. The summed E-state index contributed by atoms with van der Waals surface area (Å²) in [5, 5.41) is 3.00. The van der Waals surface area contributed by atoms with Crippen LogP contribution in [0.5, 0.6) is 0 Å². The van der Waals surface area contributed by atoms with E-state index >= 15 is 0 Å². The van der Waals surface area contributed by atoms with Crippen LogP contribution in [-0.2, 0) is 11.2 Å². The molecule has 0 aliphatic heterocycles. The molecule has 0 radical (unpaired) electrons. The van der Waals surface area contributed by atoms with Gasteiger partial charge >= 0.3 is 0 Å². The molecule has 4 rings (SSSR count). The minimum atomic E-state index is -0.319. The highest BCUT2D eigenvalue weighted by molar-refractivity contribution is 5.83. The lowest BCUT2D eigenvalue weighted by molar-refractivity contribution is -0.123. The van der Waals surface area contributed by atoms with Crippen LogP contribution in [0.4, 0.5) is 0 Å². The number of fused-ring (bicyclic) bond motifs is 2. The number of aromatic amines is 1. The number of H-pyrrole nitrogens is 1. The van der Waals surface area contributed by atoms with Gasteiger partial charge in [0.1, 0.15) is 11.9 Å². The smallest absolute Gasteiger partial charge is 0.242 e. The van der Waals surface area contributed by atoms with Crippen molar-refractivity contribution >= 4 is 28.0 Å². The zero-order chi connectivity index (χ0) is 18.1. The van der Waals surface area contributed by atoms with E-state index < -0.39 is 0 Å². The lowest BCUT2D eigenvalue weighted by atomic mass is 10.2. The molecule has 0 bridgehead atoms. The highest BCUT2D eigenvalue weighted by Crippen LogP contribution is 2.18. The van der Waals surface area contributed by atoms with Gasteiger partial charge in [0.25, 0.3) is 0 Å². The van der Waals surface area contributed by atoms with E-state index in [4.69, 9.17) is 0 Å². The van der Waals surface area contributed by atoms with Gasteiger partial charge in [0.2, 0.25) is 5.91 Å². The molecular formula is C20H21N5O. The molecule has 0 spiro atoms. The Balaban J connectivity index is 1.41. The standard InChI is InChI=1S/C20H21N5O/c1-13-6-5-8-16-19(13)24-18(23-16)10-11-21-20(26)14(2)25-12-22-15-7-3-4-9-17(15)25/h3-9,12,14H,10-11H2,1-2H3,(H,21,26)(H,23,24)/t14-/m0/s1. The minimum absolute atomic E-state index is 0.0274. The van der Waals surface area contributed by atoms with E-state index in [1.54, 1.807) is 6.33 Å². The molecule has 0 aliphatic rings. The predicted molar refractivity (Wildman–Crippen MR) is 102 cm³/mol. The van der Waals surface area contributed by atoms with Crippen LogP contribution in [-0.4, -0.2) is 32.0 Å². The first-order chi connectivity index (χ1) is 12.6. The van der Waals surface area contributed by atoms with E-state index in [2.05, 4.69) is 20.3 Å². The van der Waals surface area contributed by atoms with Crippen molar-refractivity contribution in [1.29, 1.82) is 0 Å². The monoisotopic (exact) mass is 347 g/mol. The molecule has 0 saturated heterocycles. The first-order valence-corrected chi connectivity index (χ1v) is 8.77. The molecule has 2 N–H and O–H groups in total. The van der Waals surface area contributed by atoms with Gasteiger partial charge in [-0.25, -0.2) is 9.97 Å². The van der Waals surface area contributed by atoms with Crippen molar-refractivity contribution in [2.24, 2.45) is 0 Å². The average Bonchev–Trinajstić information content (AvgIpc) is 3.25. The molecule has 2 aromatic heterocycles. The number of carbonyl (C=O) groups is 1. The summed E-state index contributed by atoms with van der Waals surface area (Å²) in [6, 6.07) is 13.6. The summed E-state index contributed by atoms with van der Waals surface area (Å²) in [6.07, 6.45) is 2.38. The average molecular weight is 347 g/mol. The SMILES string of the molecule is Cc1cccc2[nH]c(CCNC(=O)[C@H](C)n3cnc4ccccc43)nc12. The number of aromatic nitrogens is 4. The molecule has 26 heavy (non-hydrogen) atoms. The minimum Gasteiger partial charge on any atom is -0.354 e. The van der Waals surface area contributed by atoms with Crippen molar-refractivity contribution in [2.45, 2.75) is 26.3 Å². The van der Waals surface area contributed by atoms with Crippen LogP contribution < -0.4 is 5.32 Å². The maximum atomic E-state index is 12.5. The van der Waals surface area contributed by atoms with Crippen molar-refractivity contribution in [3.8, 4) is 0 Å². The van der Waals surface area contributed by atoms with Gasteiger partial charge in [0.15, 0.2) is 0 Å². The predicted octanol–water partition coefficient (Wildman–Crippen LogP) is 3.14. The summed E-state index contributed by atoms with van der Waals surface area (Å²) >= 11 is 0. The molecule has 1 amide bonds. The van der Waals surface area contributed by atoms with Gasteiger partial charge in [-0.15, -0.1) is 0 Å². The number of hydrogen-bond donors (Lipinski definition) is 2. The van der Waals surface area contributed by atoms with Crippen molar-refractivity contribution in [2.75, 3.05) is 6.54 Å². The van der Waals surface area contributed by atoms with E-state index in [-0.39, 0.29) is 11.9 Å². The first kappa shape index (κ1) is 16.3. The molecule has 6 nitrogen and oxygen atoms in total. The van der Waals surface area contributed by atoms with Crippen molar-refractivity contribution < 1.29 is 4.79 Å². The number of imidazole rings is 2. The fraction of sp³-hybridized carbons (Fsp3) is 0.250. The molecule has 0 aliphatic carbocycles. The number of nitrogens with one attached hydrogen (secondary N) is 2. The summed E-state index contributed by atoms with van der Waals surface area (Å²) in [5.41, 5.74) is 5.03. The number of amides is 1. The summed E-state index contributed by atoms with van der Waals surface area (Å²) in [7, 11) is 0. The van der Waals surface area contributed by atoms with Gasteiger partial charge in [-0.3, -0.25) is 4.79 Å². The molecule has 4 aromatic rings. The lowest BCUT2D eigenvalue weighted by Gasteiger charge is -2.14. The van der Waals surface area contributed by atoms with Gasteiger partial charge in [-0.05, 0) is 37.6 Å². The molecule has 0 fully saturated rings. The van der Waals surface area contributed by atoms with Crippen LogP contribution >= 0.6 is 0 Å². The normalized spacial score (nSPS) is 12.5. The number of benzene rings is 2. The summed E-state index contributed by atoms with van der Waals surface area (Å²) in [6.45, 7) is 4.47. The topological polar surface area (TPSA) is 75.6 Å². The Morgan fingerprint density at radius 2 is 2.08 bits per heavy atom. The number of nitrogens with zero attached hydrogens (tertiary/aromatic N) is 3. The number of para-hydroxylation sites is 3. The van der Waals surface area contributed by atoms with Gasteiger partial charge in [-0.2, -0.15) is 0 Å². The van der Waals surface area contributed by atoms with Crippen molar-refractivity contribution in [3.63, 3.8) is 0 Å². The van der Waals surface area contributed by atoms with Crippen LogP contribution in [0.25, 0.3) is 22.1 Å². The fourth-order valence-electron chi connectivity index (χ4n) is 3.21. The van der Waals surface area contributed by atoms with Crippen molar-refractivity contribution in [3.05, 3.63) is 60.2 Å². The third-order valence-corrected chi connectivity index (χ3v) is 4.70.